The van der Waals surface area contributed by atoms with Crippen LogP contribution in [0.3, 0.4) is 0 Å². The Morgan fingerprint density at radius 2 is 2.12 bits per heavy atom. The van der Waals surface area contributed by atoms with Crippen LogP contribution in [0.2, 0.25) is 0 Å². The van der Waals surface area contributed by atoms with Gasteiger partial charge in [0.1, 0.15) is 0 Å². The zero-order chi connectivity index (χ0) is 18.4. The molecule has 0 spiro atoms. The van der Waals surface area contributed by atoms with E-state index in [1.165, 1.54) is 0 Å². The molecule has 1 aromatic heterocycles. The lowest BCUT2D eigenvalue weighted by Crippen LogP contribution is -2.33. The Labute approximate surface area is 151 Å². The third-order valence-corrected chi connectivity index (χ3v) is 5.74. The molecule has 1 aliphatic carbocycles. The Balaban J connectivity index is 1.77. The fraction of sp³-hybridized carbons (Fsp3) is 0.526. The van der Waals surface area contributed by atoms with Crippen LogP contribution in [0.4, 0.5) is 5.69 Å². The molecule has 0 amide bonds. The molecular formula is C19H23N5O2. The van der Waals surface area contributed by atoms with Crippen molar-refractivity contribution in [2.75, 3.05) is 18.0 Å². The number of aromatic nitrogens is 2. The molecule has 7 heteroatoms. The van der Waals surface area contributed by atoms with E-state index < -0.39 is 0 Å². The molecule has 1 saturated heterocycles. The third kappa shape index (κ3) is 2.71. The van der Waals surface area contributed by atoms with Gasteiger partial charge >= 0.3 is 5.69 Å². The van der Waals surface area contributed by atoms with Gasteiger partial charge in [-0.25, -0.2) is 4.79 Å². The van der Waals surface area contributed by atoms with E-state index in [0.717, 1.165) is 49.1 Å². The van der Waals surface area contributed by atoms with Gasteiger partial charge in [0, 0.05) is 30.9 Å². The smallest absolute Gasteiger partial charge is 0.329 e. The van der Waals surface area contributed by atoms with E-state index in [0.29, 0.717) is 11.8 Å². The zero-order valence-corrected chi connectivity index (χ0v) is 14.9. The van der Waals surface area contributed by atoms with Crippen molar-refractivity contribution in [3.05, 3.63) is 38.5 Å². The van der Waals surface area contributed by atoms with Crippen molar-refractivity contribution in [1.29, 1.82) is 5.26 Å². The first kappa shape index (κ1) is 16.9. The van der Waals surface area contributed by atoms with Crippen molar-refractivity contribution in [2.24, 2.45) is 11.7 Å². The van der Waals surface area contributed by atoms with Crippen molar-refractivity contribution >= 4 is 16.6 Å². The van der Waals surface area contributed by atoms with Gasteiger partial charge in [-0.2, -0.15) is 5.26 Å². The summed E-state index contributed by atoms with van der Waals surface area (Å²) < 4.78 is 1.75. The third-order valence-electron chi connectivity index (χ3n) is 5.74. The number of hydrogen-bond acceptors (Lipinski definition) is 5. The number of benzene rings is 1. The van der Waals surface area contributed by atoms with E-state index in [9.17, 15) is 9.59 Å². The normalized spacial score (nSPS) is 21.1. The Kier molecular flexibility index (Phi) is 4.08. The summed E-state index contributed by atoms with van der Waals surface area (Å²) in [7, 11) is 0. The molecule has 7 nitrogen and oxygen atoms in total. The maximum Gasteiger partial charge on any atom is 0.329 e. The summed E-state index contributed by atoms with van der Waals surface area (Å²) in [6, 6.07) is 6.01. The Hall–Kier alpha value is -2.59. The summed E-state index contributed by atoms with van der Waals surface area (Å²) >= 11 is 0. The monoisotopic (exact) mass is 353 g/mol. The first-order chi connectivity index (χ1) is 12.5. The molecular weight excluding hydrogens is 330 g/mol. The highest BCUT2D eigenvalue weighted by Gasteiger charge is 2.31. The fourth-order valence-corrected chi connectivity index (χ4v) is 4.16. The van der Waals surface area contributed by atoms with Crippen LogP contribution in [-0.2, 0) is 0 Å². The van der Waals surface area contributed by atoms with Gasteiger partial charge in [0.15, 0.2) is 0 Å². The number of hydrogen-bond donors (Lipinski definition) is 2. The second-order valence-corrected chi connectivity index (χ2v) is 7.49. The molecule has 2 atom stereocenters. The maximum absolute atomic E-state index is 12.4. The minimum absolute atomic E-state index is 0.113. The molecule has 2 heterocycles. The number of anilines is 1. The van der Waals surface area contributed by atoms with Crippen LogP contribution < -0.4 is 21.9 Å². The summed E-state index contributed by atoms with van der Waals surface area (Å²) in [6.07, 6.45) is 3.26. The average molecular weight is 353 g/mol. The van der Waals surface area contributed by atoms with Crippen LogP contribution in [0.5, 0.6) is 0 Å². The lowest BCUT2D eigenvalue weighted by atomic mass is 9.97. The van der Waals surface area contributed by atoms with Gasteiger partial charge in [-0.05, 0) is 49.8 Å². The minimum Gasteiger partial charge on any atom is -0.371 e. The molecule has 0 radical (unpaired) electrons. The SMILES string of the molecule is Cc1c(N2CCC(C(N)CC#N)C2)ccc2c(=O)[nH]c(=O)n(C3CC3)c12. The van der Waals surface area contributed by atoms with Crippen LogP contribution >= 0.6 is 0 Å². The number of fused-ring (bicyclic) bond motifs is 1. The lowest BCUT2D eigenvalue weighted by molar-refractivity contribution is 0.464. The molecule has 136 valence electrons. The van der Waals surface area contributed by atoms with Crippen molar-refractivity contribution in [2.45, 2.75) is 44.7 Å². The standard InChI is InChI=1S/C19H23N5O2/c1-11-16(23-9-7-12(10-23)15(21)6-8-20)5-4-14-17(11)24(13-2-3-13)19(26)22-18(14)25/h4-5,12-13,15H,2-3,6-7,9-10,21H2,1H3,(H,22,25,26). The molecule has 1 aliphatic heterocycles. The molecule has 2 aromatic rings. The van der Waals surface area contributed by atoms with Crippen molar-refractivity contribution < 1.29 is 0 Å². The number of nitriles is 1. The van der Waals surface area contributed by atoms with Crippen LogP contribution in [0, 0.1) is 24.2 Å². The van der Waals surface area contributed by atoms with Crippen LogP contribution in [0.15, 0.2) is 21.7 Å². The number of nitrogens with one attached hydrogen (secondary N) is 1. The minimum atomic E-state index is -0.327. The summed E-state index contributed by atoms with van der Waals surface area (Å²) in [6.45, 7) is 3.65. The lowest BCUT2D eigenvalue weighted by Gasteiger charge is -2.24. The van der Waals surface area contributed by atoms with Crippen LogP contribution in [0.25, 0.3) is 10.9 Å². The highest BCUT2D eigenvalue weighted by atomic mass is 16.2. The fourth-order valence-electron chi connectivity index (χ4n) is 4.16. The number of rotatable bonds is 4. The largest absolute Gasteiger partial charge is 0.371 e. The molecule has 0 bridgehead atoms. The highest BCUT2D eigenvalue weighted by Crippen LogP contribution is 2.38. The van der Waals surface area contributed by atoms with E-state index in [1.807, 2.05) is 19.1 Å². The molecule has 1 saturated carbocycles. The topological polar surface area (TPSA) is 108 Å². The van der Waals surface area contributed by atoms with Gasteiger partial charge in [-0.15, -0.1) is 0 Å². The van der Waals surface area contributed by atoms with Gasteiger partial charge < -0.3 is 10.6 Å². The predicted molar refractivity (Wildman–Crippen MR) is 100 cm³/mol. The number of nitrogens with zero attached hydrogens (tertiary/aromatic N) is 3. The average Bonchev–Trinajstić information content (AvgIpc) is 3.31. The summed E-state index contributed by atoms with van der Waals surface area (Å²) in [4.78, 5) is 29.4. The first-order valence-electron chi connectivity index (χ1n) is 9.17. The predicted octanol–water partition coefficient (Wildman–Crippen LogP) is 1.40. The van der Waals surface area contributed by atoms with Gasteiger partial charge in [-0.1, -0.05) is 0 Å². The van der Waals surface area contributed by atoms with E-state index in [1.54, 1.807) is 4.57 Å². The second-order valence-electron chi connectivity index (χ2n) is 7.49. The van der Waals surface area contributed by atoms with Gasteiger partial charge in [0.25, 0.3) is 5.56 Å². The van der Waals surface area contributed by atoms with Crippen LogP contribution in [0.1, 0.15) is 37.3 Å². The summed E-state index contributed by atoms with van der Waals surface area (Å²) in [5.74, 6) is 0.287. The van der Waals surface area contributed by atoms with E-state index in [-0.39, 0.29) is 29.3 Å². The highest BCUT2D eigenvalue weighted by molar-refractivity contribution is 5.86. The Morgan fingerprint density at radius 3 is 2.81 bits per heavy atom. The maximum atomic E-state index is 12.4. The quantitative estimate of drug-likeness (QED) is 0.864. The molecule has 2 unspecified atom stereocenters. The van der Waals surface area contributed by atoms with E-state index >= 15 is 0 Å². The Bertz CT molecular complexity index is 1010. The van der Waals surface area contributed by atoms with E-state index in [2.05, 4.69) is 16.0 Å². The molecule has 2 aliphatic rings. The Morgan fingerprint density at radius 1 is 1.35 bits per heavy atom. The van der Waals surface area contributed by atoms with Gasteiger partial charge in [-0.3, -0.25) is 14.3 Å². The number of aromatic amines is 1. The molecule has 26 heavy (non-hydrogen) atoms. The van der Waals surface area contributed by atoms with Gasteiger partial charge in [0.2, 0.25) is 0 Å². The van der Waals surface area contributed by atoms with Crippen molar-refractivity contribution in [3.63, 3.8) is 0 Å². The molecule has 4 rings (SSSR count). The van der Waals surface area contributed by atoms with E-state index in [4.69, 9.17) is 11.0 Å². The van der Waals surface area contributed by atoms with Crippen molar-refractivity contribution in [3.8, 4) is 6.07 Å². The first-order valence-corrected chi connectivity index (χ1v) is 9.17. The number of aryl methyl sites for hydroxylation is 1. The number of H-pyrrole nitrogens is 1. The zero-order valence-electron chi connectivity index (χ0n) is 14.9. The summed E-state index contributed by atoms with van der Waals surface area (Å²) in [5.41, 5.74) is 8.25. The molecule has 1 aromatic carbocycles. The summed E-state index contributed by atoms with van der Waals surface area (Å²) in [5, 5.41) is 9.44. The second kappa shape index (κ2) is 6.29. The molecule has 2 fully saturated rings. The molecule has 3 N–H and O–H groups in total. The van der Waals surface area contributed by atoms with Crippen molar-refractivity contribution in [1.82, 2.24) is 9.55 Å². The number of nitrogens with two attached hydrogens (primary N) is 1. The van der Waals surface area contributed by atoms with Crippen LogP contribution in [-0.4, -0.2) is 28.7 Å². The van der Waals surface area contributed by atoms with Gasteiger partial charge in [0.05, 0.1) is 23.4 Å².